The smallest absolute Gasteiger partial charge is 0.341 e. The van der Waals surface area contributed by atoms with Gasteiger partial charge in [-0.15, -0.1) is 0 Å². The van der Waals surface area contributed by atoms with Crippen LogP contribution in [0.1, 0.15) is 40.3 Å². The molecular formula is C26H21F3N6O. The Morgan fingerprint density at radius 3 is 2.47 bits per heavy atom. The second-order valence-corrected chi connectivity index (χ2v) is 9.18. The van der Waals surface area contributed by atoms with Gasteiger partial charge in [0, 0.05) is 41.5 Å². The first-order valence-corrected chi connectivity index (χ1v) is 11.4. The monoisotopic (exact) mass is 490 g/mol. The molecule has 0 spiro atoms. The number of fused-ring (bicyclic) bond motifs is 3. The topological polar surface area (TPSA) is 77.6 Å². The molecule has 2 aromatic carbocycles. The summed E-state index contributed by atoms with van der Waals surface area (Å²) in [6.45, 7) is 1.82. The van der Waals surface area contributed by atoms with Gasteiger partial charge >= 0.3 is 6.18 Å². The molecular weight excluding hydrogens is 469 g/mol. The van der Waals surface area contributed by atoms with Crippen LogP contribution in [0.15, 0.2) is 60.9 Å². The summed E-state index contributed by atoms with van der Waals surface area (Å²) < 4.78 is 42.7. The van der Waals surface area contributed by atoms with Gasteiger partial charge in [0.05, 0.1) is 22.3 Å². The molecule has 0 saturated heterocycles. The fourth-order valence-corrected chi connectivity index (χ4v) is 4.68. The molecule has 1 aliphatic carbocycles. The number of nitrogens with one attached hydrogen (secondary N) is 1. The minimum absolute atomic E-state index is 0.218. The highest BCUT2D eigenvalue weighted by atomic mass is 19.4. The zero-order chi connectivity index (χ0) is 25.2. The summed E-state index contributed by atoms with van der Waals surface area (Å²) in [6.07, 6.45) is 0.720. The van der Waals surface area contributed by atoms with Crippen LogP contribution >= 0.6 is 0 Å². The molecule has 0 atom stereocenters. The molecule has 3 heterocycles. The number of hydrogen-bond acceptors (Lipinski definition) is 4. The number of aromatic nitrogens is 5. The Kier molecular flexibility index (Phi) is 4.73. The quantitative estimate of drug-likeness (QED) is 0.382. The average Bonchev–Trinajstić information content (AvgIpc) is 3.43. The molecule has 1 saturated carbocycles. The number of alkyl halides is 3. The van der Waals surface area contributed by atoms with Crippen LogP contribution in [0.5, 0.6) is 0 Å². The molecule has 1 aliphatic rings. The number of carbonyl (C=O) groups is 1. The van der Waals surface area contributed by atoms with Gasteiger partial charge in [-0.25, -0.2) is 9.97 Å². The Labute approximate surface area is 203 Å². The lowest BCUT2D eigenvalue weighted by molar-refractivity contribution is -0.137. The van der Waals surface area contributed by atoms with Gasteiger partial charge in [0.15, 0.2) is 5.65 Å². The normalized spacial score (nSPS) is 14.9. The molecule has 5 aromatic rings. The largest absolute Gasteiger partial charge is 0.416 e. The predicted octanol–water partition coefficient (Wildman–Crippen LogP) is 5.05. The van der Waals surface area contributed by atoms with Crippen LogP contribution in [0, 0.1) is 6.92 Å². The van der Waals surface area contributed by atoms with Crippen LogP contribution in [0.3, 0.4) is 0 Å². The number of rotatable bonds is 4. The number of benzene rings is 2. The van der Waals surface area contributed by atoms with E-state index >= 15 is 0 Å². The van der Waals surface area contributed by atoms with Gasteiger partial charge in [-0.1, -0.05) is 0 Å². The second kappa shape index (κ2) is 7.64. The van der Waals surface area contributed by atoms with Crippen LogP contribution in [-0.4, -0.2) is 30.2 Å². The van der Waals surface area contributed by atoms with Crippen molar-refractivity contribution in [3.05, 3.63) is 83.6 Å². The molecule has 1 amide bonds. The lowest BCUT2D eigenvalue weighted by atomic mass is 10.1. The Morgan fingerprint density at radius 1 is 1.06 bits per heavy atom. The molecule has 1 N–H and O–H groups in total. The third-order valence-corrected chi connectivity index (χ3v) is 6.63. The van der Waals surface area contributed by atoms with E-state index < -0.39 is 17.3 Å². The predicted molar refractivity (Wildman–Crippen MR) is 128 cm³/mol. The standard InChI is InChI=1S/C26H21F3N6O/c1-15-30-12-9-22(31-15)25(10-11-25)32-24(36)16-3-8-21-19(13-16)20-14-34(2)33-23(20)35(21)18-6-4-17(5-7-18)26(27,28)29/h3-9,12-14H,10-11H2,1-2H3,(H,32,36). The van der Waals surface area contributed by atoms with Crippen molar-refractivity contribution in [3.63, 3.8) is 0 Å². The van der Waals surface area contributed by atoms with E-state index in [1.807, 2.05) is 19.2 Å². The Morgan fingerprint density at radius 2 is 1.81 bits per heavy atom. The molecule has 10 heteroatoms. The molecule has 0 bridgehead atoms. The third kappa shape index (κ3) is 3.60. The Hall–Kier alpha value is -4.21. The maximum Gasteiger partial charge on any atom is 0.416 e. The summed E-state index contributed by atoms with van der Waals surface area (Å²) in [4.78, 5) is 21.9. The molecule has 6 rings (SSSR count). The van der Waals surface area contributed by atoms with Gasteiger partial charge in [0.1, 0.15) is 5.82 Å². The van der Waals surface area contributed by atoms with Gasteiger partial charge in [-0.3, -0.25) is 14.0 Å². The first-order chi connectivity index (χ1) is 17.1. The van der Waals surface area contributed by atoms with E-state index in [0.29, 0.717) is 22.7 Å². The van der Waals surface area contributed by atoms with Crippen molar-refractivity contribution in [1.82, 2.24) is 29.6 Å². The summed E-state index contributed by atoms with van der Waals surface area (Å²) in [5.74, 6) is 0.433. The lowest BCUT2D eigenvalue weighted by Crippen LogP contribution is -2.35. The number of amides is 1. The van der Waals surface area contributed by atoms with Gasteiger partial charge in [-0.2, -0.15) is 18.3 Å². The van der Waals surface area contributed by atoms with E-state index in [-0.39, 0.29) is 5.91 Å². The van der Waals surface area contributed by atoms with Gasteiger partial charge in [0.25, 0.3) is 5.91 Å². The number of hydrogen-bond donors (Lipinski definition) is 1. The summed E-state index contributed by atoms with van der Waals surface area (Å²) in [6, 6.07) is 12.1. The zero-order valence-electron chi connectivity index (χ0n) is 19.5. The average molecular weight is 490 g/mol. The summed E-state index contributed by atoms with van der Waals surface area (Å²) in [5, 5.41) is 9.26. The van der Waals surface area contributed by atoms with E-state index in [0.717, 1.165) is 47.0 Å². The van der Waals surface area contributed by atoms with Crippen LogP contribution in [0.4, 0.5) is 13.2 Å². The van der Waals surface area contributed by atoms with Crippen molar-refractivity contribution in [2.24, 2.45) is 7.05 Å². The maximum atomic E-state index is 13.3. The first-order valence-electron chi connectivity index (χ1n) is 11.4. The summed E-state index contributed by atoms with van der Waals surface area (Å²) >= 11 is 0. The highest BCUT2D eigenvalue weighted by Crippen LogP contribution is 2.45. The lowest BCUT2D eigenvalue weighted by Gasteiger charge is -2.17. The molecule has 36 heavy (non-hydrogen) atoms. The van der Waals surface area contributed by atoms with Crippen molar-refractivity contribution in [2.75, 3.05) is 0 Å². The molecule has 1 fully saturated rings. The molecule has 7 nitrogen and oxygen atoms in total. The first kappa shape index (κ1) is 22.3. The van der Waals surface area contributed by atoms with Crippen LogP contribution < -0.4 is 5.32 Å². The maximum absolute atomic E-state index is 13.3. The van der Waals surface area contributed by atoms with Gasteiger partial charge < -0.3 is 5.32 Å². The van der Waals surface area contributed by atoms with Crippen molar-refractivity contribution >= 4 is 27.8 Å². The minimum atomic E-state index is -4.41. The van der Waals surface area contributed by atoms with Crippen molar-refractivity contribution in [1.29, 1.82) is 0 Å². The van der Waals surface area contributed by atoms with Crippen molar-refractivity contribution in [3.8, 4) is 5.69 Å². The number of halogens is 3. The Balaban J connectivity index is 1.40. The summed E-state index contributed by atoms with van der Waals surface area (Å²) in [7, 11) is 1.78. The van der Waals surface area contributed by atoms with Crippen LogP contribution in [-0.2, 0) is 18.8 Å². The highest BCUT2D eigenvalue weighted by molar-refractivity contribution is 6.10. The van der Waals surface area contributed by atoms with Crippen molar-refractivity contribution < 1.29 is 18.0 Å². The Bertz CT molecular complexity index is 1640. The van der Waals surface area contributed by atoms with E-state index in [4.69, 9.17) is 0 Å². The number of nitrogens with zero attached hydrogens (tertiary/aromatic N) is 5. The summed E-state index contributed by atoms with van der Waals surface area (Å²) in [5.41, 5.74) is 1.97. The van der Waals surface area contributed by atoms with Crippen LogP contribution in [0.2, 0.25) is 0 Å². The van der Waals surface area contributed by atoms with Crippen LogP contribution in [0.25, 0.3) is 27.6 Å². The molecule has 0 radical (unpaired) electrons. The SMILES string of the molecule is Cc1nccc(C2(NC(=O)c3ccc4c(c3)c3cn(C)nc3n4-c3ccc(C(F)(F)F)cc3)CC2)n1. The van der Waals surface area contributed by atoms with E-state index in [1.165, 1.54) is 12.1 Å². The van der Waals surface area contributed by atoms with Crippen molar-refractivity contribution in [2.45, 2.75) is 31.5 Å². The highest BCUT2D eigenvalue weighted by Gasteiger charge is 2.47. The fourth-order valence-electron chi connectivity index (χ4n) is 4.68. The number of carbonyl (C=O) groups excluding carboxylic acids is 1. The van der Waals surface area contributed by atoms with E-state index in [2.05, 4.69) is 20.4 Å². The fraction of sp³-hybridized carbons (Fsp3) is 0.231. The molecule has 0 unspecified atom stereocenters. The number of aryl methyl sites for hydroxylation is 2. The zero-order valence-corrected chi connectivity index (χ0v) is 19.5. The molecule has 182 valence electrons. The third-order valence-electron chi connectivity index (χ3n) is 6.63. The minimum Gasteiger partial charge on any atom is -0.341 e. The van der Waals surface area contributed by atoms with Gasteiger partial charge in [-0.05, 0) is 68.3 Å². The van der Waals surface area contributed by atoms with E-state index in [1.54, 1.807) is 40.7 Å². The second-order valence-electron chi connectivity index (χ2n) is 9.18. The van der Waals surface area contributed by atoms with Gasteiger partial charge in [0.2, 0.25) is 0 Å². The van der Waals surface area contributed by atoms with E-state index in [9.17, 15) is 18.0 Å². The molecule has 3 aromatic heterocycles. The molecule has 0 aliphatic heterocycles.